The van der Waals surface area contributed by atoms with Crippen LogP contribution in [0.5, 0.6) is 0 Å². The molecule has 2 aromatic rings. The second-order valence-corrected chi connectivity index (χ2v) is 11.3. The molecule has 1 N–H and O–H groups in total. The van der Waals surface area contributed by atoms with Crippen molar-refractivity contribution in [2.75, 3.05) is 18.0 Å². The van der Waals surface area contributed by atoms with Crippen LogP contribution in [-0.2, 0) is 4.79 Å². The molecule has 0 bridgehead atoms. The van der Waals surface area contributed by atoms with Gasteiger partial charge in [0.2, 0.25) is 5.91 Å². The predicted molar refractivity (Wildman–Crippen MR) is 141 cm³/mol. The Morgan fingerprint density at radius 1 is 1.23 bits per heavy atom. The molecule has 1 aliphatic rings. The van der Waals surface area contributed by atoms with Crippen LogP contribution in [0.1, 0.15) is 71.9 Å². The van der Waals surface area contributed by atoms with Crippen molar-refractivity contribution in [3.05, 3.63) is 49.6 Å². The molecule has 3 rings (SSSR count). The maximum Gasteiger partial charge on any atom is 0.348 e. The highest BCUT2D eigenvalue weighted by Gasteiger charge is 2.38. The van der Waals surface area contributed by atoms with E-state index in [-0.39, 0.29) is 32.5 Å². The van der Waals surface area contributed by atoms with Crippen molar-refractivity contribution in [3.63, 3.8) is 0 Å². The number of aromatic carboxylic acids is 1. The molecule has 2 heterocycles. The van der Waals surface area contributed by atoms with Crippen molar-refractivity contribution in [1.82, 2.24) is 4.90 Å². The van der Waals surface area contributed by atoms with Crippen molar-refractivity contribution in [3.8, 4) is 11.8 Å². The van der Waals surface area contributed by atoms with Crippen LogP contribution in [0.2, 0.25) is 10.0 Å². The number of amides is 2. The number of thiophene rings is 1. The molecular formula is C26H28Cl2N2O4S. The van der Waals surface area contributed by atoms with Gasteiger partial charge in [0.1, 0.15) is 10.9 Å². The van der Waals surface area contributed by atoms with Crippen molar-refractivity contribution in [1.29, 1.82) is 0 Å². The van der Waals surface area contributed by atoms with Crippen molar-refractivity contribution in [2.45, 2.75) is 53.0 Å². The Morgan fingerprint density at radius 2 is 1.94 bits per heavy atom. The first kappa shape index (κ1) is 27.1. The normalized spacial score (nSPS) is 16.3. The van der Waals surface area contributed by atoms with Gasteiger partial charge in [0, 0.05) is 23.5 Å². The average molecular weight is 535 g/mol. The van der Waals surface area contributed by atoms with E-state index in [0.29, 0.717) is 35.8 Å². The van der Waals surface area contributed by atoms with E-state index in [1.165, 1.54) is 23.1 Å². The largest absolute Gasteiger partial charge is 0.477 e. The zero-order valence-corrected chi connectivity index (χ0v) is 22.5. The van der Waals surface area contributed by atoms with Gasteiger partial charge in [-0.2, -0.15) is 0 Å². The van der Waals surface area contributed by atoms with Gasteiger partial charge < -0.3 is 10.0 Å². The maximum absolute atomic E-state index is 13.9. The van der Waals surface area contributed by atoms with Gasteiger partial charge in [-0.3, -0.25) is 14.5 Å². The second-order valence-electron chi connectivity index (χ2n) is 9.36. The van der Waals surface area contributed by atoms with Crippen LogP contribution < -0.4 is 4.90 Å². The monoisotopic (exact) mass is 534 g/mol. The van der Waals surface area contributed by atoms with Gasteiger partial charge in [0.05, 0.1) is 21.2 Å². The first-order valence-electron chi connectivity index (χ1n) is 11.4. The summed E-state index contributed by atoms with van der Waals surface area (Å²) in [4.78, 5) is 43.1. The van der Waals surface area contributed by atoms with Gasteiger partial charge in [-0.05, 0) is 71.2 Å². The van der Waals surface area contributed by atoms with Gasteiger partial charge in [-0.25, -0.2) is 4.79 Å². The Hall–Kier alpha value is -2.53. The Balaban J connectivity index is 2.22. The Labute approximate surface area is 219 Å². The molecule has 1 aromatic heterocycles. The Morgan fingerprint density at radius 3 is 2.54 bits per heavy atom. The first-order valence-corrected chi connectivity index (χ1v) is 13.0. The van der Waals surface area contributed by atoms with Gasteiger partial charge in [-0.1, -0.05) is 35.0 Å². The summed E-state index contributed by atoms with van der Waals surface area (Å²) >= 11 is 13.4. The molecule has 1 atom stereocenters. The van der Waals surface area contributed by atoms with Crippen molar-refractivity contribution in [2.24, 2.45) is 5.41 Å². The SMILES string of the molecule is CCN1CCCCC(N(C(=O)c2ccc(Cl)cc2Cl)c2cc(C#CC(C)(C)C)sc2C(=O)O)C1=O. The van der Waals surface area contributed by atoms with Crippen molar-refractivity contribution < 1.29 is 19.5 Å². The highest BCUT2D eigenvalue weighted by atomic mass is 35.5. The van der Waals surface area contributed by atoms with Crippen LogP contribution in [-0.4, -0.2) is 46.9 Å². The van der Waals surface area contributed by atoms with Gasteiger partial charge in [0.15, 0.2) is 0 Å². The van der Waals surface area contributed by atoms with E-state index in [2.05, 4.69) is 11.8 Å². The van der Waals surface area contributed by atoms with Crippen LogP contribution in [0.3, 0.4) is 0 Å². The third-order valence-corrected chi connectivity index (χ3v) is 7.13. The summed E-state index contributed by atoms with van der Waals surface area (Å²) in [5, 5.41) is 10.5. The lowest BCUT2D eigenvalue weighted by Gasteiger charge is -2.33. The minimum atomic E-state index is -1.19. The molecule has 1 aliphatic heterocycles. The van der Waals surface area contributed by atoms with Crippen LogP contribution in [0.15, 0.2) is 24.3 Å². The minimum absolute atomic E-state index is 0.0539. The molecule has 1 aromatic carbocycles. The molecule has 1 saturated heterocycles. The van der Waals surface area contributed by atoms with E-state index < -0.39 is 17.9 Å². The summed E-state index contributed by atoms with van der Waals surface area (Å²) in [5.74, 6) is 4.16. The number of rotatable bonds is 5. The average Bonchev–Trinajstić information content (AvgIpc) is 3.11. The number of hydrogen-bond donors (Lipinski definition) is 1. The number of hydrogen-bond acceptors (Lipinski definition) is 4. The maximum atomic E-state index is 13.9. The summed E-state index contributed by atoms with van der Waals surface area (Å²) in [6, 6.07) is 5.20. The number of carboxylic acid groups (broad SMARTS) is 1. The van der Waals surface area contributed by atoms with Crippen LogP contribution in [0.25, 0.3) is 0 Å². The lowest BCUT2D eigenvalue weighted by atomic mass is 9.98. The molecule has 35 heavy (non-hydrogen) atoms. The summed E-state index contributed by atoms with van der Waals surface area (Å²) in [6.07, 6.45) is 1.93. The highest BCUT2D eigenvalue weighted by Crippen LogP contribution is 2.36. The van der Waals surface area contributed by atoms with E-state index in [1.807, 2.05) is 27.7 Å². The molecule has 6 nitrogen and oxygen atoms in total. The lowest BCUT2D eigenvalue weighted by Crippen LogP contribution is -2.50. The molecule has 0 saturated carbocycles. The summed E-state index contributed by atoms with van der Waals surface area (Å²) in [5.41, 5.74) is -0.00673. The third kappa shape index (κ3) is 6.38. The summed E-state index contributed by atoms with van der Waals surface area (Å²) in [7, 11) is 0. The number of carboxylic acids is 1. The fraction of sp³-hybridized carbons (Fsp3) is 0.423. The molecule has 2 amide bonds. The fourth-order valence-electron chi connectivity index (χ4n) is 3.87. The van der Waals surface area contributed by atoms with Crippen LogP contribution in [0, 0.1) is 17.3 Å². The minimum Gasteiger partial charge on any atom is -0.477 e. The van der Waals surface area contributed by atoms with Crippen LogP contribution >= 0.6 is 34.5 Å². The fourth-order valence-corrected chi connectivity index (χ4v) is 5.21. The third-order valence-electron chi connectivity index (χ3n) is 5.55. The van der Waals surface area contributed by atoms with Gasteiger partial charge >= 0.3 is 5.97 Å². The van der Waals surface area contributed by atoms with Gasteiger partial charge in [0.25, 0.3) is 5.91 Å². The zero-order chi connectivity index (χ0) is 25.9. The van der Waals surface area contributed by atoms with E-state index >= 15 is 0 Å². The number of halogens is 2. The van der Waals surface area contributed by atoms with E-state index in [9.17, 15) is 19.5 Å². The number of likely N-dealkylation sites (N-methyl/N-ethyl adjacent to an activating group) is 1. The molecule has 0 radical (unpaired) electrons. The molecule has 9 heteroatoms. The molecule has 186 valence electrons. The topological polar surface area (TPSA) is 77.9 Å². The van der Waals surface area contributed by atoms with Crippen molar-refractivity contribution >= 4 is 58.0 Å². The predicted octanol–water partition coefficient (Wildman–Crippen LogP) is 6.20. The first-order chi connectivity index (χ1) is 16.4. The highest BCUT2D eigenvalue weighted by molar-refractivity contribution is 7.15. The number of benzene rings is 1. The Kier molecular flexibility index (Phi) is 8.53. The summed E-state index contributed by atoms with van der Waals surface area (Å²) in [6.45, 7) is 8.83. The molecule has 1 fully saturated rings. The summed E-state index contributed by atoms with van der Waals surface area (Å²) < 4.78 is 0. The number of anilines is 1. The Bertz CT molecular complexity index is 1210. The quantitative estimate of drug-likeness (QED) is 0.463. The standard InChI is InChI=1S/C26H28Cl2N2O4S/c1-5-29-13-7-6-8-20(24(29)32)30(23(31)18-10-9-16(27)14-19(18)28)21-15-17(11-12-26(2,3)4)35-22(21)25(33)34/h9-10,14-15,20H,5-8,13H2,1-4H3,(H,33,34). The molecular weight excluding hydrogens is 507 g/mol. The number of nitrogens with zero attached hydrogens (tertiary/aromatic N) is 2. The van der Waals surface area contributed by atoms with Crippen LogP contribution in [0.4, 0.5) is 5.69 Å². The smallest absolute Gasteiger partial charge is 0.348 e. The molecule has 0 aliphatic carbocycles. The second kappa shape index (κ2) is 11.0. The van der Waals surface area contributed by atoms with E-state index in [1.54, 1.807) is 11.0 Å². The lowest BCUT2D eigenvalue weighted by molar-refractivity contribution is -0.131. The van der Waals surface area contributed by atoms with Gasteiger partial charge in [-0.15, -0.1) is 11.3 Å². The number of likely N-dealkylation sites (tertiary alicyclic amines) is 1. The van der Waals surface area contributed by atoms with E-state index in [0.717, 1.165) is 17.8 Å². The van der Waals surface area contributed by atoms with E-state index in [4.69, 9.17) is 23.2 Å². The zero-order valence-electron chi connectivity index (χ0n) is 20.2. The number of carbonyl (C=O) groups excluding carboxylic acids is 2. The number of carbonyl (C=O) groups is 3. The molecule has 0 spiro atoms. The molecule has 1 unspecified atom stereocenters.